The first-order valence-electron chi connectivity index (χ1n) is 5.86. The highest BCUT2D eigenvalue weighted by Gasteiger charge is 2.30. The molecule has 1 unspecified atom stereocenters. The van der Waals surface area contributed by atoms with Crippen molar-refractivity contribution in [2.75, 3.05) is 13.2 Å². The fraction of sp³-hybridized carbons (Fsp3) is 0.538. The molecule has 2 N–H and O–H groups in total. The van der Waals surface area contributed by atoms with Gasteiger partial charge in [-0.3, -0.25) is 0 Å². The normalized spacial score (nSPS) is 19.1. The van der Waals surface area contributed by atoms with Gasteiger partial charge in [-0.05, 0) is 49.9 Å². The maximum absolute atomic E-state index is 9.63. The summed E-state index contributed by atoms with van der Waals surface area (Å²) in [6.07, 6.45) is 2.59. The van der Waals surface area contributed by atoms with Crippen LogP contribution in [0.3, 0.4) is 0 Å². The van der Waals surface area contributed by atoms with Crippen molar-refractivity contribution in [2.24, 2.45) is 5.92 Å². The monoisotopic (exact) mass is 317 g/mol. The Bertz CT molecular complexity index is 408. The number of nitrogens with one attached hydrogen (secondary N) is 1. The Kier molecular flexibility index (Phi) is 4.14. The van der Waals surface area contributed by atoms with Gasteiger partial charge < -0.3 is 10.4 Å². The zero-order valence-electron chi connectivity index (χ0n) is 9.84. The van der Waals surface area contributed by atoms with E-state index < -0.39 is 5.54 Å². The van der Waals surface area contributed by atoms with E-state index in [9.17, 15) is 5.11 Å². The van der Waals surface area contributed by atoms with Crippen molar-refractivity contribution >= 4 is 27.5 Å². The maximum Gasteiger partial charge on any atom is 0.0655 e. The first kappa shape index (κ1) is 13.3. The lowest BCUT2D eigenvalue weighted by Crippen LogP contribution is -2.44. The van der Waals surface area contributed by atoms with E-state index in [4.69, 9.17) is 11.6 Å². The third-order valence-corrected chi connectivity index (χ3v) is 4.13. The lowest BCUT2D eigenvalue weighted by molar-refractivity contribution is 0.174. The molecule has 2 nitrogen and oxygen atoms in total. The molecule has 0 radical (unpaired) electrons. The van der Waals surface area contributed by atoms with Gasteiger partial charge >= 0.3 is 0 Å². The molecule has 1 saturated carbocycles. The largest absolute Gasteiger partial charge is 0.394 e. The van der Waals surface area contributed by atoms with Crippen LogP contribution in [-0.4, -0.2) is 18.3 Å². The van der Waals surface area contributed by atoms with Crippen molar-refractivity contribution in [1.82, 2.24) is 5.32 Å². The van der Waals surface area contributed by atoms with Gasteiger partial charge in [0.05, 0.1) is 12.1 Å². The summed E-state index contributed by atoms with van der Waals surface area (Å²) >= 11 is 9.63. The van der Waals surface area contributed by atoms with E-state index in [1.54, 1.807) is 0 Å². The topological polar surface area (TPSA) is 32.3 Å². The Morgan fingerprint density at radius 3 is 2.76 bits per heavy atom. The summed E-state index contributed by atoms with van der Waals surface area (Å²) in [7, 11) is 0. The van der Waals surface area contributed by atoms with E-state index in [2.05, 4.69) is 21.2 Å². The maximum atomic E-state index is 9.63. The molecule has 1 aromatic carbocycles. The average Bonchev–Trinajstić information content (AvgIpc) is 3.09. The van der Waals surface area contributed by atoms with Crippen LogP contribution in [0.1, 0.15) is 25.3 Å². The Hall–Kier alpha value is -0.0900. The van der Waals surface area contributed by atoms with Crippen LogP contribution in [0.15, 0.2) is 22.7 Å². The van der Waals surface area contributed by atoms with E-state index in [1.165, 1.54) is 12.8 Å². The zero-order chi connectivity index (χ0) is 12.5. The van der Waals surface area contributed by atoms with Crippen LogP contribution in [0.25, 0.3) is 0 Å². The molecule has 1 aromatic rings. The molecule has 0 bridgehead atoms. The number of aliphatic hydroxyl groups excluding tert-OH is 1. The third kappa shape index (κ3) is 3.22. The van der Waals surface area contributed by atoms with E-state index in [1.807, 2.05) is 25.1 Å². The van der Waals surface area contributed by atoms with Gasteiger partial charge in [0.25, 0.3) is 0 Å². The molecule has 1 aliphatic carbocycles. The van der Waals surface area contributed by atoms with Gasteiger partial charge in [-0.15, -0.1) is 0 Å². The lowest BCUT2D eigenvalue weighted by atomic mass is 9.92. The summed E-state index contributed by atoms with van der Waals surface area (Å²) in [5, 5.41) is 13.7. The fourth-order valence-corrected chi connectivity index (χ4v) is 2.75. The Balaban J connectivity index is 2.18. The second-order valence-corrected chi connectivity index (χ2v) is 6.26. The van der Waals surface area contributed by atoms with E-state index in [0.717, 1.165) is 22.5 Å². The second kappa shape index (κ2) is 5.27. The number of halogens is 2. The van der Waals surface area contributed by atoms with Crippen LogP contribution in [-0.2, 0) is 5.54 Å². The number of benzene rings is 1. The number of rotatable bonds is 5. The summed E-state index contributed by atoms with van der Waals surface area (Å²) in [4.78, 5) is 0. The molecule has 0 aliphatic heterocycles. The van der Waals surface area contributed by atoms with Crippen LogP contribution < -0.4 is 5.32 Å². The van der Waals surface area contributed by atoms with Gasteiger partial charge in [-0.1, -0.05) is 33.6 Å². The molecule has 0 saturated heterocycles. The first-order valence-corrected chi connectivity index (χ1v) is 7.04. The van der Waals surface area contributed by atoms with Gasteiger partial charge in [0.15, 0.2) is 0 Å². The summed E-state index contributed by atoms with van der Waals surface area (Å²) < 4.78 is 0.953. The minimum Gasteiger partial charge on any atom is -0.394 e. The van der Waals surface area contributed by atoms with Gasteiger partial charge in [-0.2, -0.15) is 0 Å². The van der Waals surface area contributed by atoms with Crippen molar-refractivity contribution in [3.05, 3.63) is 33.3 Å². The van der Waals surface area contributed by atoms with Crippen molar-refractivity contribution in [3.8, 4) is 0 Å². The van der Waals surface area contributed by atoms with Gasteiger partial charge in [-0.25, -0.2) is 0 Å². The molecule has 0 amide bonds. The highest BCUT2D eigenvalue weighted by molar-refractivity contribution is 9.10. The Labute approximate surface area is 115 Å². The average molecular weight is 319 g/mol. The van der Waals surface area contributed by atoms with Crippen LogP contribution in [0, 0.1) is 5.92 Å². The summed E-state index contributed by atoms with van der Waals surface area (Å²) in [6, 6.07) is 5.78. The predicted octanol–water partition coefficient (Wildman–Crippen LogP) is 3.31. The standard InChI is InChI=1S/C13H17BrClNO/c1-13(8-17,16-7-9-2-3-9)11-5-4-10(14)6-12(11)15/h4-6,9,16-17H,2-3,7-8H2,1H3. The fourth-order valence-electron chi connectivity index (χ4n) is 1.86. The highest BCUT2D eigenvalue weighted by Crippen LogP contribution is 2.33. The van der Waals surface area contributed by atoms with Crippen LogP contribution in [0.5, 0.6) is 0 Å². The van der Waals surface area contributed by atoms with Gasteiger partial charge in [0.1, 0.15) is 0 Å². The van der Waals surface area contributed by atoms with Gasteiger partial charge in [0.2, 0.25) is 0 Å². The molecule has 0 heterocycles. The SMILES string of the molecule is CC(CO)(NCC1CC1)c1ccc(Br)cc1Cl. The lowest BCUT2D eigenvalue weighted by Gasteiger charge is -2.30. The Morgan fingerprint density at radius 2 is 2.24 bits per heavy atom. The smallest absolute Gasteiger partial charge is 0.0655 e. The molecular formula is C13H17BrClNO. The third-order valence-electron chi connectivity index (χ3n) is 3.32. The second-order valence-electron chi connectivity index (χ2n) is 4.94. The molecule has 4 heteroatoms. The van der Waals surface area contributed by atoms with Crippen molar-refractivity contribution < 1.29 is 5.11 Å². The molecule has 2 rings (SSSR count). The predicted molar refractivity (Wildman–Crippen MR) is 74.3 cm³/mol. The number of hydrogen-bond donors (Lipinski definition) is 2. The van der Waals surface area contributed by atoms with Crippen molar-refractivity contribution in [2.45, 2.75) is 25.3 Å². The molecule has 0 aromatic heterocycles. The molecule has 94 valence electrons. The summed E-state index contributed by atoms with van der Waals surface area (Å²) in [5.74, 6) is 0.773. The van der Waals surface area contributed by atoms with Crippen molar-refractivity contribution in [1.29, 1.82) is 0 Å². The van der Waals surface area contributed by atoms with Gasteiger partial charge in [0, 0.05) is 9.50 Å². The van der Waals surface area contributed by atoms with Crippen LogP contribution in [0.4, 0.5) is 0 Å². The minimum atomic E-state index is -0.458. The summed E-state index contributed by atoms with van der Waals surface area (Å²) in [6.45, 7) is 2.98. The summed E-state index contributed by atoms with van der Waals surface area (Å²) in [5.41, 5.74) is 0.492. The Morgan fingerprint density at radius 1 is 1.53 bits per heavy atom. The van der Waals surface area contributed by atoms with E-state index in [0.29, 0.717) is 5.02 Å². The molecule has 1 aliphatic rings. The highest BCUT2D eigenvalue weighted by atomic mass is 79.9. The molecular weight excluding hydrogens is 302 g/mol. The molecule has 17 heavy (non-hydrogen) atoms. The number of hydrogen-bond acceptors (Lipinski definition) is 2. The van der Waals surface area contributed by atoms with Crippen LogP contribution >= 0.6 is 27.5 Å². The van der Waals surface area contributed by atoms with Crippen LogP contribution in [0.2, 0.25) is 5.02 Å². The molecule has 0 spiro atoms. The molecule has 1 atom stereocenters. The zero-order valence-corrected chi connectivity index (χ0v) is 12.2. The van der Waals surface area contributed by atoms with E-state index >= 15 is 0 Å². The van der Waals surface area contributed by atoms with Crippen molar-refractivity contribution in [3.63, 3.8) is 0 Å². The minimum absolute atomic E-state index is 0.0427. The first-order chi connectivity index (χ1) is 8.05. The number of aliphatic hydroxyl groups is 1. The quantitative estimate of drug-likeness (QED) is 0.873. The van der Waals surface area contributed by atoms with E-state index in [-0.39, 0.29) is 6.61 Å². The molecule has 1 fully saturated rings.